The number of hydrogen-bond acceptors (Lipinski definition) is 3. The Morgan fingerprint density at radius 1 is 1.24 bits per heavy atom. The lowest BCUT2D eigenvalue weighted by Gasteiger charge is -2.25. The maximum Gasteiger partial charge on any atom is 0.124 e. The predicted molar refractivity (Wildman–Crippen MR) is 65.6 cm³/mol. The summed E-state index contributed by atoms with van der Waals surface area (Å²) in [6.45, 7) is 0.795. The molecule has 17 heavy (non-hydrogen) atoms. The number of hydrogen-bond donors (Lipinski definition) is 1. The van der Waals surface area contributed by atoms with Crippen molar-refractivity contribution >= 4 is 0 Å². The molecule has 1 aliphatic rings. The molecule has 88 valence electrons. The molecule has 0 aliphatic heterocycles. The summed E-state index contributed by atoms with van der Waals surface area (Å²) in [4.78, 5) is 0. The highest BCUT2D eigenvalue weighted by Gasteiger charge is 2.17. The molecule has 0 amide bonds. The molecular weight excluding hydrogens is 212 g/mol. The first-order chi connectivity index (χ1) is 8.42. The zero-order chi connectivity index (χ0) is 11.5. The third-order valence-electron chi connectivity index (χ3n) is 3.41. The first-order valence-electron chi connectivity index (χ1n) is 6.11. The third-order valence-corrected chi connectivity index (χ3v) is 3.41. The second kappa shape index (κ2) is 4.72. The molecule has 1 aromatic carbocycles. The van der Waals surface area contributed by atoms with Crippen LogP contribution in [-0.4, -0.2) is 11.2 Å². The summed E-state index contributed by atoms with van der Waals surface area (Å²) < 4.78 is 4.82. The van der Waals surface area contributed by atoms with Crippen molar-refractivity contribution in [1.29, 1.82) is 0 Å². The van der Waals surface area contributed by atoms with E-state index in [-0.39, 0.29) is 0 Å². The van der Waals surface area contributed by atoms with Crippen molar-refractivity contribution in [2.75, 3.05) is 0 Å². The number of aromatic nitrogens is 1. The van der Waals surface area contributed by atoms with Gasteiger partial charge in [-0.2, -0.15) is 0 Å². The van der Waals surface area contributed by atoms with Crippen molar-refractivity contribution in [2.24, 2.45) is 0 Å². The molecule has 1 heterocycles. The lowest BCUT2D eigenvalue weighted by atomic mass is 9.88. The van der Waals surface area contributed by atoms with Crippen molar-refractivity contribution in [2.45, 2.75) is 31.8 Å². The largest absolute Gasteiger partial charge is 0.364 e. The van der Waals surface area contributed by atoms with Gasteiger partial charge in [0.1, 0.15) is 6.26 Å². The summed E-state index contributed by atoms with van der Waals surface area (Å²) in [6, 6.07) is 11.2. The van der Waals surface area contributed by atoms with Crippen LogP contribution in [0.2, 0.25) is 0 Å². The van der Waals surface area contributed by atoms with Gasteiger partial charge in [-0.25, -0.2) is 0 Å². The van der Waals surface area contributed by atoms with E-state index in [1.165, 1.54) is 24.0 Å². The molecule has 0 radical (unpaired) electrons. The first-order valence-corrected chi connectivity index (χ1v) is 6.11. The van der Waals surface area contributed by atoms with Crippen LogP contribution in [0, 0.1) is 0 Å². The topological polar surface area (TPSA) is 38.1 Å². The molecule has 0 saturated heterocycles. The quantitative estimate of drug-likeness (QED) is 0.876. The molecule has 1 unspecified atom stereocenters. The molecule has 1 N–H and O–H groups in total. The van der Waals surface area contributed by atoms with Crippen molar-refractivity contribution < 1.29 is 4.52 Å². The Bertz CT molecular complexity index is 479. The monoisotopic (exact) mass is 228 g/mol. The van der Waals surface area contributed by atoms with Crippen LogP contribution in [0.3, 0.4) is 0 Å². The third kappa shape index (κ3) is 2.39. The van der Waals surface area contributed by atoms with E-state index in [1.54, 1.807) is 6.26 Å². The number of benzene rings is 1. The van der Waals surface area contributed by atoms with E-state index >= 15 is 0 Å². The minimum absolute atomic E-state index is 0.557. The van der Waals surface area contributed by atoms with Crippen molar-refractivity contribution in [3.05, 3.63) is 53.4 Å². The minimum atomic E-state index is 0.557. The van der Waals surface area contributed by atoms with Crippen LogP contribution in [0.4, 0.5) is 0 Å². The van der Waals surface area contributed by atoms with Crippen LogP contribution in [0.15, 0.2) is 41.1 Å². The number of fused-ring (bicyclic) bond motifs is 1. The van der Waals surface area contributed by atoms with Gasteiger partial charge in [0.2, 0.25) is 0 Å². The van der Waals surface area contributed by atoms with Gasteiger partial charge in [0.25, 0.3) is 0 Å². The smallest absolute Gasteiger partial charge is 0.124 e. The molecule has 2 aromatic rings. The molecule has 0 bridgehead atoms. The van der Waals surface area contributed by atoms with Gasteiger partial charge in [-0.3, -0.25) is 0 Å². The zero-order valence-corrected chi connectivity index (χ0v) is 9.73. The predicted octanol–water partition coefficient (Wildman–Crippen LogP) is 2.32. The highest BCUT2D eigenvalue weighted by molar-refractivity contribution is 5.30. The summed E-state index contributed by atoms with van der Waals surface area (Å²) in [5.41, 5.74) is 3.97. The standard InChI is InChI=1S/C14H16N2O/c1-2-4-12-9-13(6-5-11(12)3-1)15-10-14-7-8-17-16-14/h1-4,7-8,13,15H,5-6,9-10H2. The van der Waals surface area contributed by atoms with Crippen LogP contribution in [0.1, 0.15) is 23.2 Å². The van der Waals surface area contributed by atoms with Gasteiger partial charge >= 0.3 is 0 Å². The van der Waals surface area contributed by atoms with Crippen molar-refractivity contribution in [1.82, 2.24) is 10.5 Å². The molecule has 0 saturated carbocycles. The van der Waals surface area contributed by atoms with E-state index in [1.807, 2.05) is 6.07 Å². The zero-order valence-electron chi connectivity index (χ0n) is 9.73. The molecule has 1 aliphatic carbocycles. The van der Waals surface area contributed by atoms with Gasteiger partial charge in [0.15, 0.2) is 0 Å². The Labute approximate surface area is 101 Å². The van der Waals surface area contributed by atoms with Crippen LogP contribution in [0.25, 0.3) is 0 Å². The molecule has 3 rings (SSSR count). The molecule has 3 heteroatoms. The Morgan fingerprint density at radius 2 is 2.12 bits per heavy atom. The van der Waals surface area contributed by atoms with Gasteiger partial charge in [0, 0.05) is 18.7 Å². The van der Waals surface area contributed by atoms with E-state index in [0.29, 0.717) is 6.04 Å². The lowest BCUT2D eigenvalue weighted by Crippen LogP contribution is -2.34. The Kier molecular flexibility index (Phi) is 2.92. The fourth-order valence-electron chi connectivity index (χ4n) is 2.45. The Balaban J connectivity index is 1.61. The van der Waals surface area contributed by atoms with Crippen LogP contribution >= 0.6 is 0 Å². The van der Waals surface area contributed by atoms with E-state index in [9.17, 15) is 0 Å². The molecule has 1 aromatic heterocycles. The normalized spacial score (nSPS) is 18.9. The average Bonchev–Trinajstić information content (AvgIpc) is 2.89. The highest BCUT2D eigenvalue weighted by Crippen LogP contribution is 2.21. The number of aryl methyl sites for hydroxylation is 1. The summed E-state index contributed by atoms with van der Waals surface area (Å²) in [5.74, 6) is 0. The fraction of sp³-hybridized carbons (Fsp3) is 0.357. The van der Waals surface area contributed by atoms with Crippen LogP contribution in [0.5, 0.6) is 0 Å². The number of rotatable bonds is 3. The van der Waals surface area contributed by atoms with Gasteiger partial charge < -0.3 is 9.84 Å². The second-order valence-electron chi connectivity index (χ2n) is 4.58. The van der Waals surface area contributed by atoms with Crippen molar-refractivity contribution in [3.8, 4) is 0 Å². The summed E-state index contributed by atoms with van der Waals surface area (Å²) >= 11 is 0. The maximum absolute atomic E-state index is 4.82. The van der Waals surface area contributed by atoms with Crippen LogP contribution in [-0.2, 0) is 19.4 Å². The van der Waals surface area contributed by atoms with E-state index in [0.717, 1.165) is 18.7 Å². The van der Waals surface area contributed by atoms with Gasteiger partial charge in [0.05, 0.1) is 5.69 Å². The lowest BCUT2D eigenvalue weighted by molar-refractivity contribution is 0.398. The summed E-state index contributed by atoms with van der Waals surface area (Å²) in [7, 11) is 0. The maximum atomic E-state index is 4.82. The van der Waals surface area contributed by atoms with E-state index < -0.39 is 0 Å². The molecule has 0 fully saturated rings. The number of nitrogens with zero attached hydrogens (tertiary/aromatic N) is 1. The van der Waals surface area contributed by atoms with Crippen molar-refractivity contribution in [3.63, 3.8) is 0 Å². The highest BCUT2D eigenvalue weighted by atomic mass is 16.5. The summed E-state index contributed by atoms with van der Waals surface area (Å²) in [5, 5.41) is 7.45. The van der Waals surface area contributed by atoms with Gasteiger partial charge in [-0.05, 0) is 30.4 Å². The van der Waals surface area contributed by atoms with E-state index in [2.05, 4.69) is 34.7 Å². The number of nitrogens with one attached hydrogen (secondary N) is 1. The van der Waals surface area contributed by atoms with E-state index in [4.69, 9.17) is 4.52 Å². The fourth-order valence-corrected chi connectivity index (χ4v) is 2.45. The molecule has 3 nitrogen and oxygen atoms in total. The minimum Gasteiger partial charge on any atom is -0.364 e. The average molecular weight is 228 g/mol. The van der Waals surface area contributed by atoms with Gasteiger partial charge in [-0.1, -0.05) is 29.4 Å². The Morgan fingerprint density at radius 3 is 2.94 bits per heavy atom. The van der Waals surface area contributed by atoms with Gasteiger partial charge in [-0.15, -0.1) is 0 Å². The first kappa shape index (κ1) is 10.5. The molecule has 0 spiro atoms. The Hall–Kier alpha value is -1.61. The SMILES string of the molecule is c1ccc2c(c1)CCC(NCc1ccon1)C2. The second-order valence-corrected chi connectivity index (χ2v) is 4.58. The summed E-state index contributed by atoms with van der Waals surface area (Å²) in [6.07, 6.45) is 5.11. The molecule has 1 atom stereocenters. The molecular formula is C14H16N2O. The van der Waals surface area contributed by atoms with Crippen LogP contribution < -0.4 is 5.32 Å².